The van der Waals surface area contributed by atoms with Gasteiger partial charge in [-0.05, 0) is 19.8 Å². The van der Waals surface area contributed by atoms with E-state index in [4.69, 9.17) is 5.11 Å². The van der Waals surface area contributed by atoms with Crippen molar-refractivity contribution >= 4 is 5.97 Å². The summed E-state index contributed by atoms with van der Waals surface area (Å²) in [4.78, 5) is 10.3. The molecule has 3 atom stereocenters. The number of hydrogen-bond acceptors (Lipinski definition) is 3. The molecule has 0 aromatic carbocycles. The molecule has 0 aliphatic carbocycles. The van der Waals surface area contributed by atoms with Crippen molar-refractivity contribution in [1.82, 2.24) is 0 Å². The van der Waals surface area contributed by atoms with Crippen molar-refractivity contribution in [2.24, 2.45) is 5.92 Å². The first-order chi connectivity index (χ1) is 8.95. The van der Waals surface area contributed by atoms with Gasteiger partial charge in [-0.25, -0.2) is 0 Å². The summed E-state index contributed by atoms with van der Waals surface area (Å²) >= 11 is 0. The number of unbranched alkanes of at least 4 members (excludes halogenated alkanes) is 6. The van der Waals surface area contributed by atoms with E-state index in [0.29, 0.717) is 0 Å². The van der Waals surface area contributed by atoms with Crippen LogP contribution in [0.3, 0.4) is 0 Å². The number of rotatable bonds is 12. The SMILES string of the molecule is C[C@@H]([C@@H](C)O)[C@@H](O)CCCCCCCCCC(=O)O. The van der Waals surface area contributed by atoms with Crippen LogP contribution in [0.2, 0.25) is 0 Å². The standard InChI is InChI=1S/C15H30O4/c1-12(13(2)16)14(17)10-8-6-4-3-5-7-9-11-15(18)19/h12-14,16-17H,3-11H2,1-2H3,(H,18,19)/t12-,13+,14-/m0/s1. The van der Waals surface area contributed by atoms with Gasteiger partial charge >= 0.3 is 5.97 Å². The molecule has 0 unspecified atom stereocenters. The molecule has 0 saturated heterocycles. The van der Waals surface area contributed by atoms with Gasteiger partial charge in [0.25, 0.3) is 0 Å². The summed E-state index contributed by atoms with van der Waals surface area (Å²) in [5, 5.41) is 27.6. The minimum atomic E-state index is -0.707. The highest BCUT2D eigenvalue weighted by molar-refractivity contribution is 5.66. The molecular formula is C15H30O4. The molecule has 0 aliphatic heterocycles. The van der Waals surface area contributed by atoms with Gasteiger partial charge in [0.15, 0.2) is 0 Å². The first-order valence-corrected chi connectivity index (χ1v) is 7.53. The smallest absolute Gasteiger partial charge is 0.303 e. The largest absolute Gasteiger partial charge is 0.481 e. The van der Waals surface area contributed by atoms with E-state index >= 15 is 0 Å². The van der Waals surface area contributed by atoms with Crippen molar-refractivity contribution in [2.45, 2.75) is 83.8 Å². The highest BCUT2D eigenvalue weighted by Gasteiger charge is 2.18. The molecule has 4 heteroatoms. The van der Waals surface area contributed by atoms with E-state index in [1.54, 1.807) is 6.92 Å². The van der Waals surface area contributed by atoms with Crippen LogP contribution < -0.4 is 0 Å². The van der Waals surface area contributed by atoms with E-state index in [2.05, 4.69) is 0 Å². The molecule has 0 saturated carbocycles. The second-order valence-corrected chi connectivity index (χ2v) is 5.57. The Kier molecular flexibility index (Phi) is 10.9. The predicted molar refractivity (Wildman–Crippen MR) is 76.0 cm³/mol. The van der Waals surface area contributed by atoms with Gasteiger partial charge in [0.05, 0.1) is 12.2 Å². The van der Waals surface area contributed by atoms with Crippen LogP contribution in [0.15, 0.2) is 0 Å². The molecule has 0 aromatic heterocycles. The Morgan fingerprint density at radius 2 is 1.37 bits per heavy atom. The van der Waals surface area contributed by atoms with Gasteiger partial charge in [0, 0.05) is 12.3 Å². The number of carbonyl (C=O) groups is 1. The lowest BCUT2D eigenvalue weighted by Gasteiger charge is -2.21. The molecule has 0 spiro atoms. The summed E-state index contributed by atoms with van der Waals surface area (Å²) in [6, 6.07) is 0. The average molecular weight is 274 g/mol. The minimum absolute atomic E-state index is 0.0592. The van der Waals surface area contributed by atoms with E-state index in [9.17, 15) is 15.0 Å². The van der Waals surface area contributed by atoms with E-state index in [1.165, 1.54) is 0 Å². The predicted octanol–water partition coefficient (Wildman–Crippen LogP) is 2.96. The van der Waals surface area contributed by atoms with Crippen molar-refractivity contribution in [3.63, 3.8) is 0 Å². The van der Waals surface area contributed by atoms with Crippen molar-refractivity contribution < 1.29 is 20.1 Å². The fourth-order valence-corrected chi connectivity index (χ4v) is 2.10. The quantitative estimate of drug-likeness (QED) is 0.478. The highest BCUT2D eigenvalue weighted by Crippen LogP contribution is 2.16. The molecule has 0 aliphatic rings. The number of aliphatic carboxylic acids is 1. The van der Waals surface area contributed by atoms with Gasteiger partial charge in [-0.15, -0.1) is 0 Å². The number of hydrogen-bond donors (Lipinski definition) is 3. The first-order valence-electron chi connectivity index (χ1n) is 7.53. The molecule has 19 heavy (non-hydrogen) atoms. The summed E-state index contributed by atoms with van der Waals surface area (Å²) in [6.07, 6.45) is 7.42. The van der Waals surface area contributed by atoms with Gasteiger partial charge in [-0.1, -0.05) is 45.4 Å². The van der Waals surface area contributed by atoms with Gasteiger partial charge < -0.3 is 15.3 Å². The number of carboxylic acids is 1. The normalized spacial score (nSPS) is 16.0. The van der Waals surface area contributed by atoms with Crippen molar-refractivity contribution in [1.29, 1.82) is 0 Å². The lowest BCUT2D eigenvalue weighted by Crippen LogP contribution is -2.27. The maximum atomic E-state index is 10.3. The van der Waals surface area contributed by atoms with E-state index in [0.717, 1.165) is 51.4 Å². The zero-order valence-electron chi connectivity index (χ0n) is 12.3. The van der Waals surface area contributed by atoms with Gasteiger partial charge in [-0.2, -0.15) is 0 Å². The molecule has 114 valence electrons. The third kappa shape index (κ3) is 11.0. The number of carboxylic acid groups (broad SMARTS) is 1. The lowest BCUT2D eigenvalue weighted by atomic mass is 9.94. The fourth-order valence-electron chi connectivity index (χ4n) is 2.10. The van der Waals surface area contributed by atoms with Crippen LogP contribution in [0.4, 0.5) is 0 Å². The Bertz CT molecular complexity index is 228. The molecule has 3 N–H and O–H groups in total. The Hall–Kier alpha value is -0.610. The molecule has 0 radical (unpaired) electrons. The van der Waals surface area contributed by atoms with Crippen LogP contribution in [0.25, 0.3) is 0 Å². The molecule has 0 fully saturated rings. The van der Waals surface area contributed by atoms with E-state index in [-0.39, 0.29) is 12.3 Å². The molecule has 0 bridgehead atoms. The second-order valence-electron chi connectivity index (χ2n) is 5.57. The Balaban J connectivity index is 3.29. The summed E-state index contributed by atoms with van der Waals surface area (Å²) in [7, 11) is 0. The van der Waals surface area contributed by atoms with Gasteiger partial charge in [-0.3, -0.25) is 4.79 Å². The maximum Gasteiger partial charge on any atom is 0.303 e. The van der Waals surface area contributed by atoms with Crippen molar-refractivity contribution in [2.75, 3.05) is 0 Å². The topological polar surface area (TPSA) is 77.8 Å². The summed E-state index contributed by atoms with van der Waals surface area (Å²) in [6.45, 7) is 3.59. The summed E-state index contributed by atoms with van der Waals surface area (Å²) in [5.74, 6) is -0.766. The Labute approximate surface area is 116 Å². The number of aliphatic hydroxyl groups excluding tert-OH is 2. The molecule has 0 rings (SSSR count). The minimum Gasteiger partial charge on any atom is -0.481 e. The Morgan fingerprint density at radius 1 is 0.895 bits per heavy atom. The van der Waals surface area contributed by atoms with E-state index < -0.39 is 18.2 Å². The zero-order valence-corrected chi connectivity index (χ0v) is 12.3. The molecular weight excluding hydrogens is 244 g/mol. The molecule has 0 amide bonds. The van der Waals surface area contributed by atoms with Crippen molar-refractivity contribution in [3.05, 3.63) is 0 Å². The monoisotopic (exact) mass is 274 g/mol. The Morgan fingerprint density at radius 3 is 1.84 bits per heavy atom. The van der Waals surface area contributed by atoms with Crippen LogP contribution in [-0.4, -0.2) is 33.5 Å². The van der Waals surface area contributed by atoms with Crippen LogP contribution >= 0.6 is 0 Å². The van der Waals surface area contributed by atoms with Gasteiger partial charge in [0.1, 0.15) is 0 Å². The second kappa shape index (κ2) is 11.2. The van der Waals surface area contributed by atoms with Crippen LogP contribution in [0.1, 0.15) is 71.6 Å². The lowest BCUT2D eigenvalue weighted by molar-refractivity contribution is -0.137. The summed E-state index contributed by atoms with van der Waals surface area (Å²) < 4.78 is 0. The van der Waals surface area contributed by atoms with E-state index in [1.807, 2.05) is 6.92 Å². The van der Waals surface area contributed by atoms with Crippen molar-refractivity contribution in [3.8, 4) is 0 Å². The maximum absolute atomic E-state index is 10.3. The first kappa shape index (κ1) is 18.4. The average Bonchev–Trinajstić information content (AvgIpc) is 2.35. The van der Waals surface area contributed by atoms with Gasteiger partial charge in [0.2, 0.25) is 0 Å². The molecule has 4 nitrogen and oxygen atoms in total. The highest BCUT2D eigenvalue weighted by atomic mass is 16.4. The van der Waals surface area contributed by atoms with Crippen LogP contribution in [0.5, 0.6) is 0 Å². The zero-order chi connectivity index (χ0) is 14.7. The van der Waals surface area contributed by atoms with Crippen LogP contribution in [-0.2, 0) is 4.79 Å². The van der Waals surface area contributed by atoms with Crippen LogP contribution in [0, 0.1) is 5.92 Å². The number of aliphatic hydroxyl groups is 2. The third-order valence-corrected chi connectivity index (χ3v) is 3.76. The third-order valence-electron chi connectivity index (χ3n) is 3.76. The fraction of sp³-hybridized carbons (Fsp3) is 0.933. The summed E-state index contributed by atoms with van der Waals surface area (Å²) in [5.41, 5.74) is 0. The molecule has 0 aromatic rings. The molecule has 0 heterocycles.